The van der Waals surface area contributed by atoms with Gasteiger partial charge >= 0.3 is 0 Å². The van der Waals surface area contributed by atoms with Gasteiger partial charge in [0.25, 0.3) is 0 Å². The molecule has 0 unspecified atom stereocenters. The molecule has 26 heavy (non-hydrogen) atoms. The summed E-state index contributed by atoms with van der Waals surface area (Å²) in [5.74, 6) is 0.435. The largest absolute Gasteiger partial charge is 0.506 e. The molecule has 0 bridgehead atoms. The lowest BCUT2D eigenvalue weighted by atomic mass is 10.2. The van der Waals surface area contributed by atoms with E-state index in [0.29, 0.717) is 22.8 Å². The van der Waals surface area contributed by atoms with Gasteiger partial charge in [0.15, 0.2) is 0 Å². The standard InChI is InChI=1S/C19H16BrN3O3/c1-26-19-5-3-2-4-14(19)21-15-10-18(25)16(11-17(15)24)23-22-13-8-6-12(20)7-9-13/h2-11,21,24-25H,1H3. The van der Waals surface area contributed by atoms with Gasteiger partial charge in [-0.15, -0.1) is 5.11 Å². The summed E-state index contributed by atoms with van der Waals surface area (Å²) >= 11 is 3.35. The van der Waals surface area contributed by atoms with Crippen molar-refractivity contribution < 1.29 is 14.9 Å². The zero-order valence-corrected chi connectivity index (χ0v) is 15.4. The van der Waals surface area contributed by atoms with Gasteiger partial charge in [0, 0.05) is 16.6 Å². The van der Waals surface area contributed by atoms with E-state index in [1.165, 1.54) is 12.1 Å². The maximum atomic E-state index is 10.3. The van der Waals surface area contributed by atoms with E-state index in [9.17, 15) is 10.2 Å². The second kappa shape index (κ2) is 7.88. The Morgan fingerprint density at radius 2 is 1.62 bits per heavy atom. The first-order valence-electron chi connectivity index (χ1n) is 7.70. The number of halogens is 1. The molecule has 0 amide bonds. The number of phenols is 2. The fourth-order valence-electron chi connectivity index (χ4n) is 2.26. The van der Waals surface area contributed by atoms with E-state index in [-0.39, 0.29) is 17.2 Å². The number of methoxy groups -OCH3 is 1. The van der Waals surface area contributed by atoms with E-state index in [2.05, 4.69) is 31.5 Å². The number of para-hydroxylation sites is 2. The molecule has 0 saturated carbocycles. The molecule has 6 nitrogen and oxygen atoms in total. The van der Waals surface area contributed by atoms with Crippen LogP contribution in [0.5, 0.6) is 17.2 Å². The molecule has 0 saturated heterocycles. The van der Waals surface area contributed by atoms with Crippen molar-refractivity contribution in [3.63, 3.8) is 0 Å². The predicted molar refractivity (Wildman–Crippen MR) is 104 cm³/mol. The van der Waals surface area contributed by atoms with E-state index in [4.69, 9.17) is 4.74 Å². The molecule has 3 rings (SSSR count). The van der Waals surface area contributed by atoms with Gasteiger partial charge < -0.3 is 20.3 Å². The molecular formula is C19H16BrN3O3. The molecule has 0 radical (unpaired) electrons. The molecule has 0 aliphatic carbocycles. The highest BCUT2D eigenvalue weighted by atomic mass is 79.9. The Hall–Kier alpha value is -3.06. The number of ether oxygens (including phenoxy) is 1. The summed E-state index contributed by atoms with van der Waals surface area (Å²) in [6, 6.07) is 17.2. The van der Waals surface area contributed by atoms with Gasteiger partial charge in [0.2, 0.25) is 0 Å². The smallest absolute Gasteiger partial charge is 0.145 e. The molecule has 0 aliphatic rings. The summed E-state index contributed by atoms with van der Waals surface area (Å²) in [6.07, 6.45) is 0. The summed E-state index contributed by atoms with van der Waals surface area (Å²) in [6.45, 7) is 0. The quantitative estimate of drug-likeness (QED) is 0.270. The fourth-order valence-corrected chi connectivity index (χ4v) is 2.52. The third kappa shape index (κ3) is 4.12. The zero-order chi connectivity index (χ0) is 18.5. The molecule has 3 aromatic rings. The van der Waals surface area contributed by atoms with Crippen LogP contribution in [0, 0.1) is 0 Å². The molecule has 0 heterocycles. The lowest BCUT2D eigenvalue weighted by Gasteiger charge is -2.13. The Morgan fingerprint density at radius 3 is 2.35 bits per heavy atom. The number of azo groups is 1. The second-order valence-electron chi connectivity index (χ2n) is 5.36. The topological polar surface area (TPSA) is 86.4 Å². The van der Waals surface area contributed by atoms with Gasteiger partial charge in [-0.3, -0.25) is 0 Å². The number of phenolic OH excluding ortho intramolecular Hbond substituents is 2. The highest BCUT2D eigenvalue weighted by molar-refractivity contribution is 9.10. The lowest BCUT2D eigenvalue weighted by molar-refractivity contribution is 0.416. The Morgan fingerprint density at radius 1 is 0.885 bits per heavy atom. The Kier molecular flexibility index (Phi) is 5.38. The van der Waals surface area contributed by atoms with Crippen LogP contribution in [0.1, 0.15) is 0 Å². The minimum atomic E-state index is -0.110. The van der Waals surface area contributed by atoms with Crippen LogP contribution in [-0.2, 0) is 0 Å². The molecule has 0 atom stereocenters. The number of anilines is 2. The molecule has 0 fully saturated rings. The average molecular weight is 414 g/mol. The van der Waals surface area contributed by atoms with Crippen LogP contribution in [0.15, 0.2) is 75.4 Å². The molecule has 3 aromatic carbocycles. The first kappa shape index (κ1) is 17.8. The first-order chi connectivity index (χ1) is 12.6. The molecular weight excluding hydrogens is 398 g/mol. The Labute approximate surface area is 158 Å². The minimum Gasteiger partial charge on any atom is -0.506 e. The fraction of sp³-hybridized carbons (Fsp3) is 0.0526. The molecule has 0 aromatic heterocycles. The SMILES string of the molecule is COc1ccccc1Nc1cc(O)c(N=Nc2ccc(Br)cc2)cc1O. The zero-order valence-electron chi connectivity index (χ0n) is 13.8. The lowest BCUT2D eigenvalue weighted by Crippen LogP contribution is -1.94. The highest BCUT2D eigenvalue weighted by Crippen LogP contribution is 2.40. The molecule has 0 spiro atoms. The molecule has 132 valence electrons. The maximum Gasteiger partial charge on any atom is 0.145 e. The van der Waals surface area contributed by atoms with E-state index in [0.717, 1.165) is 4.47 Å². The number of hydrogen-bond acceptors (Lipinski definition) is 6. The van der Waals surface area contributed by atoms with E-state index < -0.39 is 0 Å². The predicted octanol–water partition coefficient (Wildman–Crippen LogP) is 6.03. The van der Waals surface area contributed by atoms with Gasteiger partial charge in [-0.2, -0.15) is 5.11 Å². The van der Waals surface area contributed by atoms with Crippen molar-refractivity contribution in [3.8, 4) is 17.2 Å². The average Bonchev–Trinajstić information content (AvgIpc) is 2.65. The molecule has 7 heteroatoms. The van der Waals surface area contributed by atoms with Crippen LogP contribution >= 0.6 is 15.9 Å². The second-order valence-corrected chi connectivity index (χ2v) is 6.28. The van der Waals surface area contributed by atoms with Crippen LogP contribution in [0.3, 0.4) is 0 Å². The third-order valence-electron chi connectivity index (χ3n) is 3.57. The third-order valence-corrected chi connectivity index (χ3v) is 4.10. The summed E-state index contributed by atoms with van der Waals surface area (Å²) in [5, 5.41) is 31.5. The summed E-state index contributed by atoms with van der Waals surface area (Å²) in [4.78, 5) is 0. The van der Waals surface area contributed by atoms with Crippen molar-refractivity contribution in [2.45, 2.75) is 0 Å². The van der Waals surface area contributed by atoms with E-state index in [1.54, 1.807) is 31.4 Å². The van der Waals surface area contributed by atoms with Crippen molar-refractivity contribution in [2.24, 2.45) is 10.2 Å². The number of nitrogens with zero attached hydrogens (tertiary/aromatic N) is 2. The molecule has 0 aliphatic heterocycles. The first-order valence-corrected chi connectivity index (χ1v) is 8.49. The number of rotatable bonds is 5. The number of benzene rings is 3. The van der Waals surface area contributed by atoms with Crippen molar-refractivity contribution in [1.82, 2.24) is 0 Å². The van der Waals surface area contributed by atoms with Gasteiger partial charge in [-0.25, -0.2) is 0 Å². The Bertz CT molecular complexity index is 943. The Balaban J connectivity index is 1.85. The summed E-state index contributed by atoms with van der Waals surface area (Å²) in [5.41, 5.74) is 1.78. The molecule has 3 N–H and O–H groups in total. The number of aromatic hydroxyl groups is 2. The van der Waals surface area contributed by atoms with Crippen LogP contribution in [0.4, 0.5) is 22.7 Å². The van der Waals surface area contributed by atoms with Crippen molar-refractivity contribution in [3.05, 3.63) is 65.1 Å². The van der Waals surface area contributed by atoms with Crippen LogP contribution in [-0.4, -0.2) is 17.3 Å². The van der Waals surface area contributed by atoms with Gasteiger partial charge in [0.1, 0.15) is 22.9 Å². The van der Waals surface area contributed by atoms with E-state index in [1.807, 2.05) is 24.3 Å². The maximum absolute atomic E-state index is 10.3. The summed E-state index contributed by atoms with van der Waals surface area (Å²) in [7, 11) is 1.56. The van der Waals surface area contributed by atoms with Gasteiger partial charge in [-0.1, -0.05) is 28.1 Å². The highest BCUT2D eigenvalue weighted by Gasteiger charge is 2.11. The minimum absolute atomic E-state index is 0.0709. The number of nitrogens with one attached hydrogen (secondary N) is 1. The number of hydrogen-bond donors (Lipinski definition) is 3. The van der Waals surface area contributed by atoms with Gasteiger partial charge in [-0.05, 0) is 36.4 Å². The summed E-state index contributed by atoms with van der Waals surface area (Å²) < 4.78 is 6.20. The van der Waals surface area contributed by atoms with Crippen LogP contribution < -0.4 is 10.1 Å². The van der Waals surface area contributed by atoms with Crippen molar-refractivity contribution in [1.29, 1.82) is 0 Å². The van der Waals surface area contributed by atoms with E-state index >= 15 is 0 Å². The van der Waals surface area contributed by atoms with Crippen molar-refractivity contribution in [2.75, 3.05) is 12.4 Å². The van der Waals surface area contributed by atoms with Gasteiger partial charge in [0.05, 0.1) is 24.2 Å². The monoisotopic (exact) mass is 413 g/mol. The van der Waals surface area contributed by atoms with Crippen LogP contribution in [0.25, 0.3) is 0 Å². The normalized spacial score (nSPS) is 10.8. The van der Waals surface area contributed by atoms with Crippen LogP contribution in [0.2, 0.25) is 0 Å². The van der Waals surface area contributed by atoms with Crippen molar-refractivity contribution >= 4 is 38.7 Å².